The van der Waals surface area contributed by atoms with Crippen LogP contribution < -0.4 is 0 Å². The van der Waals surface area contributed by atoms with Crippen molar-refractivity contribution in [2.75, 3.05) is 0 Å². The third-order valence-electron chi connectivity index (χ3n) is 3.13. The summed E-state index contributed by atoms with van der Waals surface area (Å²) in [6.45, 7) is 3.97. The summed E-state index contributed by atoms with van der Waals surface area (Å²) >= 11 is 1.34. The third kappa shape index (κ3) is 3.59. The maximum atomic E-state index is 12.7. The summed E-state index contributed by atoms with van der Waals surface area (Å²) in [5.74, 6) is 0. The van der Waals surface area contributed by atoms with E-state index in [1.54, 1.807) is 6.07 Å². The highest BCUT2D eigenvalue weighted by molar-refractivity contribution is 7.99. The van der Waals surface area contributed by atoms with E-state index >= 15 is 0 Å². The lowest BCUT2D eigenvalue weighted by atomic mass is 10.1. The van der Waals surface area contributed by atoms with Crippen LogP contribution in [-0.2, 0) is 6.18 Å². The van der Waals surface area contributed by atoms with Crippen LogP contribution in [0, 0.1) is 25.2 Å². The van der Waals surface area contributed by atoms with Crippen LogP contribution in [0.1, 0.15) is 22.3 Å². The molecule has 0 aromatic heterocycles. The minimum absolute atomic E-state index is 0.351. The first-order chi connectivity index (χ1) is 9.81. The van der Waals surface area contributed by atoms with Crippen LogP contribution in [0.25, 0.3) is 0 Å². The summed E-state index contributed by atoms with van der Waals surface area (Å²) in [6.07, 6.45) is -4.51. The zero-order valence-corrected chi connectivity index (χ0v) is 12.3. The third-order valence-corrected chi connectivity index (χ3v) is 4.11. The van der Waals surface area contributed by atoms with Gasteiger partial charge in [-0.05, 0) is 55.3 Å². The van der Waals surface area contributed by atoms with Crippen LogP contribution in [0.3, 0.4) is 0 Å². The van der Waals surface area contributed by atoms with Gasteiger partial charge in [-0.25, -0.2) is 0 Å². The smallest absolute Gasteiger partial charge is 0.192 e. The molecule has 0 heterocycles. The molecule has 0 bridgehead atoms. The summed E-state index contributed by atoms with van der Waals surface area (Å²) in [5.41, 5.74) is 1.03. The molecule has 0 N–H and O–H groups in total. The molecule has 21 heavy (non-hydrogen) atoms. The maximum absolute atomic E-state index is 12.7. The van der Waals surface area contributed by atoms with Gasteiger partial charge in [0.05, 0.1) is 17.2 Å². The normalized spacial score (nSPS) is 11.2. The first kappa shape index (κ1) is 15.5. The summed E-state index contributed by atoms with van der Waals surface area (Å²) in [6, 6.07) is 11.1. The molecule has 5 heteroatoms. The lowest BCUT2D eigenvalue weighted by Gasteiger charge is -2.10. The molecule has 0 atom stereocenters. The maximum Gasteiger partial charge on any atom is 0.417 e. The summed E-state index contributed by atoms with van der Waals surface area (Å²) < 4.78 is 38.2. The molecule has 2 rings (SSSR count). The van der Waals surface area contributed by atoms with E-state index in [4.69, 9.17) is 5.26 Å². The fourth-order valence-corrected chi connectivity index (χ4v) is 2.80. The number of hydrogen-bond donors (Lipinski definition) is 0. The molecule has 0 radical (unpaired) electrons. The average Bonchev–Trinajstić information content (AvgIpc) is 2.41. The van der Waals surface area contributed by atoms with E-state index in [-0.39, 0.29) is 5.56 Å². The number of benzene rings is 2. The predicted octanol–water partition coefficient (Wildman–Crippen LogP) is 5.35. The lowest BCUT2D eigenvalue weighted by molar-refractivity contribution is -0.137. The minimum Gasteiger partial charge on any atom is -0.192 e. The molecule has 0 unspecified atom stereocenters. The van der Waals surface area contributed by atoms with Gasteiger partial charge in [0.15, 0.2) is 0 Å². The largest absolute Gasteiger partial charge is 0.417 e. The molecule has 0 aliphatic rings. The zero-order valence-electron chi connectivity index (χ0n) is 11.5. The van der Waals surface area contributed by atoms with Crippen molar-refractivity contribution in [3.8, 4) is 6.07 Å². The van der Waals surface area contributed by atoms with Crippen LogP contribution in [0.15, 0.2) is 46.2 Å². The van der Waals surface area contributed by atoms with Crippen molar-refractivity contribution in [3.05, 3.63) is 58.7 Å². The Labute approximate surface area is 125 Å². The second kappa shape index (κ2) is 5.82. The van der Waals surface area contributed by atoms with E-state index in [0.29, 0.717) is 4.90 Å². The highest BCUT2D eigenvalue weighted by atomic mass is 32.2. The van der Waals surface area contributed by atoms with E-state index in [1.165, 1.54) is 23.9 Å². The van der Waals surface area contributed by atoms with E-state index in [1.807, 2.05) is 32.0 Å². The monoisotopic (exact) mass is 307 g/mol. The van der Waals surface area contributed by atoms with Crippen LogP contribution >= 0.6 is 11.8 Å². The Kier molecular flexibility index (Phi) is 4.29. The fourth-order valence-electron chi connectivity index (χ4n) is 1.84. The van der Waals surface area contributed by atoms with Gasteiger partial charge in [0.1, 0.15) is 0 Å². The Balaban J connectivity index is 2.34. The molecule has 2 aromatic carbocycles. The van der Waals surface area contributed by atoms with Crippen molar-refractivity contribution < 1.29 is 13.2 Å². The number of nitriles is 1. The molecule has 0 aliphatic carbocycles. The van der Waals surface area contributed by atoms with Crippen LogP contribution in [0.2, 0.25) is 0 Å². The number of rotatable bonds is 2. The molecule has 0 aliphatic heterocycles. The van der Waals surface area contributed by atoms with Gasteiger partial charge in [0, 0.05) is 9.79 Å². The van der Waals surface area contributed by atoms with Gasteiger partial charge in [-0.2, -0.15) is 18.4 Å². The van der Waals surface area contributed by atoms with Crippen molar-refractivity contribution in [2.45, 2.75) is 29.8 Å². The number of aryl methyl sites for hydroxylation is 2. The second-order valence-electron chi connectivity index (χ2n) is 4.67. The zero-order chi connectivity index (χ0) is 15.6. The molecule has 0 fully saturated rings. The van der Waals surface area contributed by atoms with E-state index in [2.05, 4.69) is 0 Å². The van der Waals surface area contributed by atoms with E-state index in [9.17, 15) is 13.2 Å². The fraction of sp³-hybridized carbons (Fsp3) is 0.188. The Morgan fingerprint density at radius 1 is 0.952 bits per heavy atom. The van der Waals surface area contributed by atoms with Gasteiger partial charge in [-0.3, -0.25) is 0 Å². The standard InChI is InChI=1S/C16H12F3NS/c1-10-3-4-13(7-11(10)2)21-14-5-6-15(16(17,18)19)12(8-14)9-20/h3-8H,1-2H3. The molecule has 0 saturated carbocycles. The van der Waals surface area contributed by atoms with Crippen molar-refractivity contribution in [1.82, 2.24) is 0 Å². The van der Waals surface area contributed by atoms with Crippen molar-refractivity contribution in [3.63, 3.8) is 0 Å². The predicted molar refractivity (Wildman–Crippen MR) is 76.2 cm³/mol. The average molecular weight is 307 g/mol. The number of halogens is 3. The molecule has 0 amide bonds. The van der Waals surface area contributed by atoms with E-state index in [0.717, 1.165) is 22.1 Å². The second-order valence-corrected chi connectivity index (χ2v) is 5.81. The first-order valence-corrected chi connectivity index (χ1v) is 6.99. The molecule has 108 valence electrons. The van der Waals surface area contributed by atoms with E-state index < -0.39 is 11.7 Å². The van der Waals surface area contributed by atoms with Crippen molar-refractivity contribution in [2.24, 2.45) is 0 Å². The van der Waals surface area contributed by atoms with Crippen molar-refractivity contribution >= 4 is 11.8 Å². The molecule has 1 nitrogen and oxygen atoms in total. The number of hydrogen-bond acceptors (Lipinski definition) is 2. The van der Waals surface area contributed by atoms with Gasteiger partial charge in [0.2, 0.25) is 0 Å². The quantitative estimate of drug-likeness (QED) is 0.747. The molecule has 0 spiro atoms. The Morgan fingerprint density at radius 3 is 2.14 bits per heavy atom. The SMILES string of the molecule is Cc1ccc(Sc2ccc(C(F)(F)F)c(C#N)c2)cc1C. The van der Waals surface area contributed by atoms with Crippen LogP contribution in [-0.4, -0.2) is 0 Å². The van der Waals surface area contributed by atoms with Gasteiger partial charge >= 0.3 is 6.18 Å². The van der Waals surface area contributed by atoms with Gasteiger partial charge < -0.3 is 0 Å². The number of alkyl halides is 3. The summed E-state index contributed by atoms with van der Waals surface area (Å²) in [5, 5.41) is 8.89. The molecule has 2 aromatic rings. The Bertz CT molecular complexity index is 714. The highest BCUT2D eigenvalue weighted by Gasteiger charge is 2.33. The summed E-state index contributed by atoms with van der Waals surface area (Å²) in [7, 11) is 0. The van der Waals surface area contributed by atoms with Crippen LogP contribution in [0.5, 0.6) is 0 Å². The minimum atomic E-state index is -4.51. The Morgan fingerprint density at radius 2 is 1.57 bits per heavy atom. The van der Waals surface area contributed by atoms with Gasteiger partial charge in [-0.15, -0.1) is 0 Å². The van der Waals surface area contributed by atoms with Gasteiger partial charge in [0.25, 0.3) is 0 Å². The van der Waals surface area contributed by atoms with Crippen molar-refractivity contribution in [1.29, 1.82) is 5.26 Å². The molecule has 0 saturated heterocycles. The van der Waals surface area contributed by atoms with Gasteiger partial charge in [-0.1, -0.05) is 17.8 Å². The lowest BCUT2D eigenvalue weighted by Crippen LogP contribution is -2.07. The summed E-state index contributed by atoms with van der Waals surface area (Å²) in [4.78, 5) is 1.55. The Hall–Kier alpha value is -1.93. The number of nitrogens with zero attached hydrogens (tertiary/aromatic N) is 1. The molecular formula is C16H12F3NS. The first-order valence-electron chi connectivity index (χ1n) is 6.17. The van der Waals surface area contributed by atoms with Crippen LogP contribution in [0.4, 0.5) is 13.2 Å². The molecular weight excluding hydrogens is 295 g/mol. The highest BCUT2D eigenvalue weighted by Crippen LogP contribution is 2.35. The topological polar surface area (TPSA) is 23.8 Å².